The number of aromatic hydroxyl groups is 1. The topological polar surface area (TPSA) is 20.2 Å². The molecule has 0 aliphatic heterocycles. The van der Waals surface area contributed by atoms with Crippen LogP contribution in [0, 0.1) is 6.92 Å². The van der Waals surface area contributed by atoms with Gasteiger partial charge in [0.1, 0.15) is 5.75 Å². The van der Waals surface area contributed by atoms with Crippen molar-refractivity contribution < 1.29 is 5.11 Å². The molecule has 16 heavy (non-hydrogen) atoms. The lowest BCUT2D eigenvalue weighted by atomic mass is 9.81. The fraction of sp³-hybridized carbons (Fsp3) is 0.600. The molecule has 1 nitrogen and oxygen atoms in total. The maximum Gasteiger partial charge on any atom is 0.118 e. The number of benzene rings is 1. The van der Waals surface area contributed by atoms with Crippen LogP contribution in [0.3, 0.4) is 0 Å². The number of phenolic OH excluding ortho intramolecular Hbond substituents is 1. The molecule has 0 aliphatic rings. The molecular formula is C15H24O. The van der Waals surface area contributed by atoms with Gasteiger partial charge in [-0.05, 0) is 47.9 Å². The lowest BCUT2D eigenvalue weighted by Crippen LogP contribution is -2.14. The van der Waals surface area contributed by atoms with Crippen LogP contribution < -0.4 is 0 Å². The van der Waals surface area contributed by atoms with Crippen LogP contribution in [0.15, 0.2) is 12.1 Å². The smallest absolute Gasteiger partial charge is 0.118 e. The number of hydrogen-bond acceptors (Lipinski definition) is 1. The second kappa shape index (κ2) is 4.90. The number of phenols is 1. The second-order valence-corrected chi connectivity index (χ2v) is 5.65. The van der Waals surface area contributed by atoms with E-state index in [0.717, 1.165) is 12.0 Å². The Kier molecular flexibility index (Phi) is 4.01. The van der Waals surface area contributed by atoms with Gasteiger partial charge in [-0.3, -0.25) is 0 Å². The second-order valence-electron chi connectivity index (χ2n) is 5.65. The van der Waals surface area contributed by atoms with Gasteiger partial charge >= 0.3 is 0 Å². The van der Waals surface area contributed by atoms with Gasteiger partial charge in [-0.1, -0.05) is 40.2 Å². The minimum absolute atomic E-state index is 0.105. The molecule has 0 bridgehead atoms. The molecule has 90 valence electrons. The van der Waals surface area contributed by atoms with E-state index in [1.807, 2.05) is 13.0 Å². The van der Waals surface area contributed by atoms with E-state index in [1.54, 1.807) is 0 Å². The fourth-order valence-electron chi connectivity index (χ4n) is 2.03. The van der Waals surface area contributed by atoms with Gasteiger partial charge in [-0.15, -0.1) is 0 Å². The number of unbranched alkanes of at least 4 members (excludes halogenated alkanes) is 1. The molecule has 0 fully saturated rings. The van der Waals surface area contributed by atoms with Crippen LogP contribution in [0.25, 0.3) is 0 Å². The van der Waals surface area contributed by atoms with E-state index < -0.39 is 0 Å². The summed E-state index contributed by atoms with van der Waals surface area (Å²) in [4.78, 5) is 0. The summed E-state index contributed by atoms with van der Waals surface area (Å²) in [6.07, 6.45) is 3.54. The molecule has 0 spiro atoms. The van der Waals surface area contributed by atoms with Crippen molar-refractivity contribution in [3.63, 3.8) is 0 Å². The third kappa shape index (κ3) is 3.01. The molecule has 1 N–H and O–H groups in total. The SMILES string of the molecule is CCCCc1cc(C)c(O)cc1C(C)(C)C. The fourth-order valence-corrected chi connectivity index (χ4v) is 2.03. The molecule has 1 rings (SSSR count). The Morgan fingerprint density at radius 1 is 1.19 bits per heavy atom. The Morgan fingerprint density at radius 3 is 2.31 bits per heavy atom. The van der Waals surface area contributed by atoms with E-state index in [4.69, 9.17) is 0 Å². The van der Waals surface area contributed by atoms with E-state index in [1.165, 1.54) is 24.0 Å². The van der Waals surface area contributed by atoms with Crippen LogP contribution in [0.5, 0.6) is 5.75 Å². The van der Waals surface area contributed by atoms with Crippen molar-refractivity contribution in [3.8, 4) is 5.75 Å². The van der Waals surface area contributed by atoms with Gasteiger partial charge in [0.25, 0.3) is 0 Å². The zero-order valence-corrected chi connectivity index (χ0v) is 11.2. The van der Waals surface area contributed by atoms with Crippen LogP contribution in [0.4, 0.5) is 0 Å². The molecule has 0 saturated carbocycles. The molecule has 1 aromatic rings. The molecule has 0 unspecified atom stereocenters. The van der Waals surface area contributed by atoms with Crippen molar-refractivity contribution >= 4 is 0 Å². The van der Waals surface area contributed by atoms with Crippen molar-refractivity contribution in [1.29, 1.82) is 0 Å². The maximum atomic E-state index is 9.81. The van der Waals surface area contributed by atoms with Crippen molar-refractivity contribution in [2.24, 2.45) is 0 Å². The van der Waals surface area contributed by atoms with Gasteiger partial charge in [-0.2, -0.15) is 0 Å². The first-order chi connectivity index (χ1) is 7.36. The first-order valence-electron chi connectivity index (χ1n) is 6.19. The molecule has 1 aromatic carbocycles. The zero-order chi connectivity index (χ0) is 12.3. The van der Waals surface area contributed by atoms with E-state index >= 15 is 0 Å². The van der Waals surface area contributed by atoms with Crippen LogP contribution in [0.1, 0.15) is 57.2 Å². The van der Waals surface area contributed by atoms with Crippen molar-refractivity contribution in [2.75, 3.05) is 0 Å². The third-order valence-corrected chi connectivity index (χ3v) is 3.03. The Balaban J connectivity index is 3.17. The normalized spacial score (nSPS) is 11.8. The summed E-state index contributed by atoms with van der Waals surface area (Å²) in [5, 5.41) is 9.81. The van der Waals surface area contributed by atoms with Crippen molar-refractivity contribution in [2.45, 2.75) is 59.3 Å². The number of rotatable bonds is 3. The molecule has 0 aliphatic carbocycles. The van der Waals surface area contributed by atoms with E-state index in [2.05, 4.69) is 33.8 Å². The van der Waals surface area contributed by atoms with Crippen LogP contribution >= 0.6 is 0 Å². The summed E-state index contributed by atoms with van der Waals surface area (Å²) in [6, 6.07) is 4.09. The Bertz CT molecular complexity index is 358. The first kappa shape index (κ1) is 13.1. The Labute approximate surface area is 99.5 Å². The molecule has 0 heterocycles. The van der Waals surface area contributed by atoms with E-state index in [0.29, 0.717) is 5.75 Å². The molecule has 0 saturated heterocycles. The summed E-state index contributed by atoms with van der Waals surface area (Å²) in [7, 11) is 0. The van der Waals surface area contributed by atoms with Gasteiger partial charge in [0, 0.05) is 0 Å². The largest absolute Gasteiger partial charge is 0.508 e. The van der Waals surface area contributed by atoms with Crippen LogP contribution in [-0.2, 0) is 11.8 Å². The highest BCUT2D eigenvalue weighted by atomic mass is 16.3. The number of hydrogen-bond donors (Lipinski definition) is 1. The summed E-state index contributed by atoms with van der Waals surface area (Å²) >= 11 is 0. The van der Waals surface area contributed by atoms with Gasteiger partial charge in [0.15, 0.2) is 0 Å². The number of aryl methyl sites for hydroxylation is 2. The highest BCUT2D eigenvalue weighted by molar-refractivity contribution is 5.44. The summed E-state index contributed by atoms with van der Waals surface area (Å²) in [5.74, 6) is 0.421. The first-order valence-corrected chi connectivity index (χ1v) is 6.19. The van der Waals surface area contributed by atoms with Crippen LogP contribution in [-0.4, -0.2) is 5.11 Å². The molecule has 0 atom stereocenters. The van der Waals surface area contributed by atoms with Crippen molar-refractivity contribution in [1.82, 2.24) is 0 Å². The standard InChI is InChI=1S/C15H24O/c1-6-7-8-12-9-11(2)14(16)10-13(12)15(3,4)5/h9-10,16H,6-8H2,1-5H3. The molecule has 0 amide bonds. The van der Waals surface area contributed by atoms with Gasteiger partial charge in [0.05, 0.1) is 0 Å². The minimum atomic E-state index is 0.105. The van der Waals surface area contributed by atoms with Gasteiger partial charge < -0.3 is 5.11 Å². The lowest BCUT2D eigenvalue weighted by Gasteiger charge is -2.24. The maximum absolute atomic E-state index is 9.81. The average Bonchev–Trinajstić information content (AvgIpc) is 2.17. The monoisotopic (exact) mass is 220 g/mol. The molecule has 0 aromatic heterocycles. The highest BCUT2D eigenvalue weighted by Crippen LogP contribution is 2.32. The predicted octanol–water partition coefficient (Wildman–Crippen LogP) is 4.34. The van der Waals surface area contributed by atoms with Gasteiger partial charge in [-0.25, -0.2) is 0 Å². The molecule has 1 heteroatoms. The lowest BCUT2D eigenvalue weighted by molar-refractivity contribution is 0.465. The highest BCUT2D eigenvalue weighted by Gasteiger charge is 2.19. The molecule has 0 radical (unpaired) electrons. The van der Waals surface area contributed by atoms with Gasteiger partial charge in [0.2, 0.25) is 0 Å². The van der Waals surface area contributed by atoms with E-state index in [-0.39, 0.29) is 5.41 Å². The average molecular weight is 220 g/mol. The summed E-state index contributed by atoms with van der Waals surface area (Å²) in [6.45, 7) is 10.8. The summed E-state index contributed by atoms with van der Waals surface area (Å²) < 4.78 is 0. The predicted molar refractivity (Wildman–Crippen MR) is 70.2 cm³/mol. The zero-order valence-electron chi connectivity index (χ0n) is 11.2. The minimum Gasteiger partial charge on any atom is -0.508 e. The quantitative estimate of drug-likeness (QED) is 0.803. The summed E-state index contributed by atoms with van der Waals surface area (Å²) in [5.41, 5.74) is 3.77. The Morgan fingerprint density at radius 2 is 1.81 bits per heavy atom. The van der Waals surface area contributed by atoms with Crippen molar-refractivity contribution in [3.05, 3.63) is 28.8 Å². The van der Waals surface area contributed by atoms with Crippen LogP contribution in [0.2, 0.25) is 0 Å². The molecular weight excluding hydrogens is 196 g/mol. The van der Waals surface area contributed by atoms with E-state index in [9.17, 15) is 5.11 Å². The Hall–Kier alpha value is -0.980. The third-order valence-electron chi connectivity index (χ3n) is 3.03.